The number of benzene rings is 2. The van der Waals surface area contributed by atoms with E-state index in [1.165, 1.54) is 30.3 Å². The number of halogens is 2. The van der Waals surface area contributed by atoms with Crippen LogP contribution in [0.15, 0.2) is 65.7 Å². The number of aromatic nitrogens is 5. The Bertz CT molecular complexity index is 1630. The number of para-hydroxylation sites is 1. The van der Waals surface area contributed by atoms with Gasteiger partial charge in [-0.05, 0) is 19.1 Å². The first-order valence-electron chi connectivity index (χ1n) is 11.4. The molecule has 2 aromatic carbocycles. The molecule has 5 aromatic rings. The van der Waals surface area contributed by atoms with Crippen LogP contribution in [-0.4, -0.2) is 38.4 Å². The molecule has 0 aliphatic rings. The number of fused-ring (bicyclic) bond motifs is 1. The summed E-state index contributed by atoms with van der Waals surface area (Å²) in [6.07, 6.45) is 2.99. The number of H-pyrrole nitrogens is 1. The van der Waals surface area contributed by atoms with E-state index in [2.05, 4.69) is 25.4 Å². The highest BCUT2D eigenvalue weighted by atomic mass is 19.1. The third-order valence-electron chi connectivity index (χ3n) is 5.62. The summed E-state index contributed by atoms with van der Waals surface area (Å²) < 4.78 is 41.7. The van der Waals surface area contributed by atoms with Crippen molar-refractivity contribution in [3.63, 3.8) is 0 Å². The van der Waals surface area contributed by atoms with E-state index >= 15 is 0 Å². The second kappa shape index (κ2) is 10.1. The van der Waals surface area contributed by atoms with Gasteiger partial charge in [-0.15, -0.1) is 0 Å². The SMILES string of the molecule is CCOc1cc(F)c(Cn2nc(-c3ncc(OC)c(Nc4cc[nH]c(=O)c4)n3)c3ccccc32)c(F)c1. The Kier molecular flexibility index (Phi) is 6.50. The molecule has 0 unspecified atom stereocenters. The van der Waals surface area contributed by atoms with E-state index in [4.69, 9.17) is 9.47 Å². The fraction of sp³-hybridized carbons (Fsp3) is 0.154. The van der Waals surface area contributed by atoms with E-state index in [9.17, 15) is 13.6 Å². The number of anilines is 2. The molecule has 0 radical (unpaired) electrons. The molecule has 0 saturated carbocycles. The van der Waals surface area contributed by atoms with Gasteiger partial charge in [-0.3, -0.25) is 9.48 Å². The lowest BCUT2D eigenvalue weighted by atomic mass is 10.1. The molecule has 0 bridgehead atoms. The number of methoxy groups -OCH3 is 1. The van der Waals surface area contributed by atoms with Crippen LogP contribution in [0.3, 0.4) is 0 Å². The van der Waals surface area contributed by atoms with Gasteiger partial charge < -0.3 is 19.8 Å². The number of nitrogens with one attached hydrogen (secondary N) is 2. The maximum Gasteiger partial charge on any atom is 0.249 e. The maximum absolute atomic E-state index is 14.8. The third-order valence-corrected chi connectivity index (χ3v) is 5.62. The minimum atomic E-state index is -0.727. The van der Waals surface area contributed by atoms with E-state index in [0.29, 0.717) is 40.5 Å². The molecule has 0 atom stereocenters. The van der Waals surface area contributed by atoms with Crippen LogP contribution in [0, 0.1) is 11.6 Å². The van der Waals surface area contributed by atoms with Gasteiger partial charge >= 0.3 is 0 Å². The minimum absolute atomic E-state index is 0.124. The second-order valence-corrected chi connectivity index (χ2v) is 8.00. The summed E-state index contributed by atoms with van der Waals surface area (Å²) in [5.74, 6) is -0.397. The van der Waals surface area contributed by atoms with Gasteiger partial charge in [0.05, 0.1) is 32.0 Å². The highest BCUT2D eigenvalue weighted by molar-refractivity contribution is 5.92. The van der Waals surface area contributed by atoms with Crippen molar-refractivity contribution >= 4 is 22.4 Å². The molecule has 9 nitrogen and oxygen atoms in total. The molecule has 0 fully saturated rings. The summed E-state index contributed by atoms with van der Waals surface area (Å²) in [5, 5.41) is 8.37. The van der Waals surface area contributed by atoms with Crippen molar-refractivity contribution in [1.82, 2.24) is 24.7 Å². The fourth-order valence-corrected chi connectivity index (χ4v) is 3.93. The zero-order valence-electron chi connectivity index (χ0n) is 20.0. The van der Waals surface area contributed by atoms with Gasteiger partial charge in [-0.25, -0.2) is 18.7 Å². The first-order valence-corrected chi connectivity index (χ1v) is 11.4. The topological polar surface area (TPSA) is 107 Å². The summed E-state index contributed by atoms with van der Waals surface area (Å²) in [5.41, 5.74) is 1.14. The normalized spacial score (nSPS) is 11.0. The monoisotopic (exact) mass is 504 g/mol. The van der Waals surface area contributed by atoms with E-state index < -0.39 is 11.6 Å². The smallest absolute Gasteiger partial charge is 0.249 e. The summed E-state index contributed by atoms with van der Waals surface area (Å²) in [6.45, 7) is 1.88. The molecule has 0 saturated heterocycles. The Balaban J connectivity index is 1.57. The average Bonchev–Trinajstić information content (AvgIpc) is 3.25. The summed E-state index contributed by atoms with van der Waals surface area (Å²) in [4.78, 5) is 23.2. The molecule has 3 heterocycles. The summed E-state index contributed by atoms with van der Waals surface area (Å²) in [7, 11) is 1.48. The summed E-state index contributed by atoms with van der Waals surface area (Å²) >= 11 is 0. The second-order valence-electron chi connectivity index (χ2n) is 8.00. The first-order chi connectivity index (χ1) is 18.0. The Morgan fingerprint density at radius 3 is 2.62 bits per heavy atom. The van der Waals surface area contributed by atoms with Crippen molar-refractivity contribution in [2.24, 2.45) is 0 Å². The number of ether oxygens (including phenoxy) is 2. The van der Waals surface area contributed by atoms with Gasteiger partial charge in [0.15, 0.2) is 17.4 Å². The van der Waals surface area contributed by atoms with Crippen LogP contribution in [-0.2, 0) is 6.54 Å². The van der Waals surface area contributed by atoms with E-state index in [1.54, 1.807) is 19.1 Å². The Hall–Kier alpha value is -4.80. The van der Waals surface area contributed by atoms with Crippen LogP contribution >= 0.6 is 0 Å². The van der Waals surface area contributed by atoms with E-state index in [1.807, 2.05) is 18.2 Å². The molecule has 2 N–H and O–H groups in total. The molecule has 3 aromatic heterocycles. The lowest BCUT2D eigenvalue weighted by molar-refractivity contribution is 0.335. The third kappa shape index (κ3) is 4.83. The molecular weight excluding hydrogens is 482 g/mol. The molecule has 11 heteroatoms. The van der Waals surface area contributed by atoms with Crippen LogP contribution in [0.2, 0.25) is 0 Å². The number of nitrogens with zero attached hydrogens (tertiary/aromatic N) is 4. The highest BCUT2D eigenvalue weighted by Gasteiger charge is 2.20. The number of aromatic amines is 1. The molecule has 0 aliphatic heterocycles. The van der Waals surface area contributed by atoms with Crippen molar-refractivity contribution in [1.29, 1.82) is 0 Å². The fourth-order valence-electron chi connectivity index (χ4n) is 3.93. The maximum atomic E-state index is 14.8. The number of pyridine rings is 1. The minimum Gasteiger partial charge on any atom is -0.494 e. The van der Waals surface area contributed by atoms with Crippen molar-refractivity contribution in [3.05, 3.63) is 88.5 Å². The van der Waals surface area contributed by atoms with E-state index in [0.717, 1.165) is 12.1 Å². The van der Waals surface area contributed by atoms with Gasteiger partial charge in [-0.1, -0.05) is 18.2 Å². The van der Waals surface area contributed by atoms with Crippen LogP contribution in [0.1, 0.15) is 12.5 Å². The predicted molar refractivity (Wildman–Crippen MR) is 134 cm³/mol. The largest absolute Gasteiger partial charge is 0.494 e. The zero-order valence-corrected chi connectivity index (χ0v) is 20.0. The predicted octanol–water partition coefficient (Wildman–Crippen LogP) is 4.66. The summed E-state index contributed by atoms with van der Waals surface area (Å²) in [6, 6.07) is 12.6. The van der Waals surface area contributed by atoms with Crippen molar-refractivity contribution in [2.75, 3.05) is 19.0 Å². The van der Waals surface area contributed by atoms with Gasteiger partial charge in [0, 0.05) is 41.0 Å². The lowest BCUT2D eigenvalue weighted by Crippen LogP contribution is -2.08. The Morgan fingerprint density at radius 1 is 1.11 bits per heavy atom. The Morgan fingerprint density at radius 2 is 1.89 bits per heavy atom. The van der Waals surface area contributed by atoms with Gasteiger partial charge in [0.1, 0.15) is 23.1 Å². The van der Waals surface area contributed by atoms with Crippen LogP contribution in [0.4, 0.5) is 20.3 Å². The quantitative estimate of drug-likeness (QED) is 0.317. The van der Waals surface area contributed by atoms with Crippen molar-refractivity contribution in [3.8, 4) is 23.0 Å². The van der Waals surface area contributed by atoms with E-state index in [-0.39, 0.29) is 29.2 Å². The molecule has 0 amide bonds. The Labute approximate surface area is 209 Å². The number of hydrogen-bond acceptors (Lipinski definition) is 7. The van der Waals surface area contributed by atoms with Crippen LogP contribution < -0.4 is 20.3 Å². The molecule has 5 rings (SSSR count). The first kappa shape index (κ1) is 23.9. The number of hydrogen-bond donors (Lipinski definition) is 2. The molecular formula is C26H22F2N6O3. The molecule has 37 heavy (non-hydrogen) atoms. The standard InChI is InChI=1S/C26H22F2N6O3/c1-3-37-16-11-19(27)18(20(28)12-16)14-34-21-7-5-4-6-17(21)24(33-34)26-30-13-22(36-2)25(32-26)31-15-8-9-29-23(35)10-15/h4-13H,3,14H2,1-2H3,(H2,29,30,31,32,35). The lowest BCUT2D eigenvalue weighted by Gasteiger charge is -2.10. The molecule has 188 valence electrons. The average molecular weight is 504 g/mol. The molecule has 0 aliphatic carbocycles. The van der Waals surface area contributed by atoms with Crippen LogP contribution in [0.25, 0.3) is 22.4 Å². The number of rotatable bonds is 8. The molecule has 0 spiro atoms. The highest BCUT2D eigenvalue weighted by Crippen LogP contribution is 2.31. The zero-order chi connectivity index (χ0) is 25.9. The van der Waals surface area contributed by atoms with Crippen LogP contribution in [0.5, 0.6) is 11.5 Å². The van der Waals surface area contributed by atoms with Crippen molar-refractivity contribution < 1.29 is 18.3 Å². The van der Waals surface area contributed by atoms with Gasteiger partial charge in [0.2, 0.25) is 5.56 Å². The van der Waals surface area contributed by atoms with Gasteiger partial charge in [0.25, 0.3) is 0 Å². The van der Waals surface area contributed by atoms with Gasteiger partial charge in [-0.2, -0.15) is 5.10 Å². The van der Waals surface area contributed by atoms with Crippen molar-refractivity contribution in [2.45, 2.75) is 13.5 Å².